The van der Waals surface area contributed by atoms with Gasteiger partial charge in [-0.25, -0.2) is 0 Å². The molecule has 3 N–H and O–H groups in total. The summed E-state index contributed by atoms with van der Waals surface area (Å²) in [6.45, 7) is 4.99. The molecule has 88 heavy (non-hydrogen) atoms. The monoisotopic (exact) mass is 1240 g/mol. The van der Waals surface area contributed by atoms with Gasteiger partial charge < -0.3 is 20.3 Å². The van der Waals surface area contributed by atoms with E-state index < -0.39 is 12.1 Å². The van der Waals surface area contributed by atoms with Gasteiger partial charge >= 0.3 is 5.97 Å². The number of carbonyl (C=O) groups is 2. The van der Waals surface area contributed by atoms with Gasteiger partial charge in [0, 0.05) is 12.8 Å². The van der Waals surface area contributed by atoms with Crippen molar-refractivity contribution in [2.75, 3.05) is 13.2 Å². The summed E-state index contributed by atoms with van der Waals surface area (Å²) < 4.78 is 5.49. The molecule has 0 saturated heterocycles. The van der Waals surface area contributed by atoms with Gasteiger partial charge in [-0.15, -0.1) is 0 Å². The predicted molar refractivity (Wildman–Crippen MR) is 389 cm³/mol. The number of allylic oxidation sites excluding steroid dienone is 6. The zero-order valence-electron chi connectivity index (χ0n) is 59.7. The van der Waals surface area contributed by atoms with E-state index in [-0.39, 0.29) is 18.5 Å². The minimum Gasteiger partial charge on any atom is -0.466 e. The first-order chi connectivity index (χ1) is 43.5. The highest BCUT2D eigenvalue weighted by Crippen LogP contribution is 2.20. The van der Waals surface area contributed by atoms with Crippen molar-refractivity contribution < 1.29 is 24.5 Å². The van der Waals surface area contributed by atoms with Gasteiger partial charge in [0.25, 0.3) is 0 Å². The zero-order valence-corrected chi connectivity index (χ0v) is 59.7. The van der Waals surface area contributed by atoms with Crippen LogP contribution in [0.25, 0.3) is 0 Å². The van der Waals surface area contributed by atoms with Crippen molar-refractivity contribution in [3.05, 3.63) is 36.5 Å². The molecule has 0 aliphatic carbocycles. The first-order valence-corrected chi connectivity index (χ1v) is 40.2. The number of hydrogen-bond donors (Lipinski definition) is 3. The van der Waals surface area contributed by atoms with Crippen molar-refractivity contribution in [1.29, 1.82) is 0 Å². The molecule has 0 bridgehead atoms. The van der Waals surface area contributed by atoms with E-state index in [0.717, 1.165) is 51.4 Å². The Morgan fingerprint density at radius 2 is 0.568 bits per heavy atom. The van der Waals surface area contributed by atoms with E-state index in [1.165, 1.54) is 366 Å². The smallest absolute Gasteiger partial charge is 0.305 e. The minimum atomic E-state index is -0.665. The Labute approximate surface area is 551 Å². The van der Waals surface area contributed by atoms with E-state index in [1.807, 2.05) is 0 Å². The SMILES string of the molecule is CCCCCCCC/C=C\CCCCCCCC(=O)OCCCCCCCCCCC/C=C\C/C=C\CCCCCCCCCCCCCCCCCCCC(=O)NC(CO)C(O)CCCCCCCCCCCCCCCCCCCCCCCCC. The number of esters is 1. The van der Waals surface area contributed by atoms with E-state index in [0.29, 0.717) is 25.9 Å². The van der Waals surface area contributed by atoms with Gasteiger partial charge in [-0.3, -0.25) is 9.59 Å². The van der Waals surface area contributed by atoms with Crippen LogP contribution in [0.4, 0.5) is 0 Å². The molecule has 2 unspecified atom stereocenters. The standard InChI is InChI=1S/C82H157NO5/c1-3-5-7-9-11-13-15-17-19-20-21-22-34-37-40-43-47-50-54-58-62-66-70-74-80(85)79(78-84)83-81(86)75-71-67-63-59-55-51-48-44-41-38-35-32-30-28-26-24-23-25-27-29-31-33-36-39-42-45-49-53-57-61-65-69-73-77-88-82(87)76-72-68-64-60-56-52-46-18-16-14-12-10-8-6-4-2/h18,27,29,33,36,46,79-80,84-85H,3-17,19-26,28,30-32,34-35,37-45,47-78H2,1-2H3,(H,83,86)/b29-27-,36-33-,46-18-. The zero-order chi connectivity index (χ0) is 63.5. The highest BCUT2D eigenvalue weighted by molar-refractivity contribution is 5.76. The van der Waals surface area contributed by atoms with Crippen LogP contribution in [0.3, 0.4) is 0 Å². The molecular weight excluding hydrogens is 1080 g/mol. The van der Waals surface area contributed by atoms with Gasteiger partial charge in [0.1, 0.15) is 0 Å². The molecule has 0 radical (unpaired) electrons. The maximum Gasteiger partial charge on any atom is 0.305 e. The summed E-state index contributed by atoms with van der Waals surface area (Å²) in [4.78, 5) is 24.7. The molecule has 6 nitrogen and oxygen atoms in total. The summed E-state index contributed by atoms with van der Waals surface area (Å²) in [6.07, 6.45) is 101. The van der Waals surface area contributed by atoms with E-state index >= 15 is 0 Å². The molecule has 0 rings (SSSR count). The number of hydrogen-bond acceptors (Lipinski definition) is 5. The molecule has 0 aromatic rings. The van der Waals surface area contributed by atoms with Crippen molar-refractivity contribution in [2.24, 2.45) is 0 Å². The lowest BCUT2D eigenvalue weighted by atomic mass is 10.0. The third-order valence-corrected chi connectivity index (χ3v) is 18.9. The lowest BCUT2D eigenvalue weighted by Gasteiger charge is -2.22. The Kier molecular flexibility index (Phi) is 75.8. The topological polar surface area (TPSA) is 95.9 Å². The van der Waals surface area contributed by atoms with E-state index in [1.54, 1.807) is 0 Å². The van der Waals surface area contributed by atoms with Gasteiger partial charge in [0.2, 0.25) is 5.91 Å². The minimum absolute atomic E-state index is 0.00703. The second-order valence-electron chi connectivity index (χ2n) is 27.7. The quantitative estimate of drug-likeness (QED) is 0.0320. The summed E-state index contributed by atoms with van der Waals surface area (Å²) in [7, 11) is 0. The average molecular weight is 1240 g/mol. The van der Waals surface area contributed by atoms with Crippen LogP contribution < -0.4 is 5.32 Å². The van der Waals surface area contributed by atoms with Crippen molar-refractivity contribution in [3.63, 3.8) is 0 Å². The van der Waals surface area contributed by atoms with Crippen LogP contribution in [0.15, 0.2) is 36.5 Å². The van der Waals surface area contributed by atoms with Crippen molar-refractivity contribution >= 4 is 11.9 Å². The average Bonchev–Trinajstić information content (AvgIpc) is 3.58. The number of aliphatic hydroxyl groups is 2. The normalized spacial score (nSPS) is 12.6. The van der Waals surface area contributed by atoms with Crippen LogP contribution in [0.2, 0.25) is 0 Å². The van der Waals surface area contributed by atoms with Gasteiger partial charge in [0.05, 0.1) is 25.4 Å². The van der Waals surface area contributed by atoms with Gasteiger partial charge in [0.15, 0.2) is 0 Å². The second kappa shape index (κ2) is 77.5. The van der Waals surface area contributed by atoms with Crippen LogP contribution >= 0.6 is 0 Å². The van der Waals surface area contributed by atoms with E-state index in [2.05, 4.69) is 55.6 Å². The van der Waals surface area contributed by atoms with Crippen LogP contribution in [-0.4, -0.2) is 47.4 Å². The van der Waals surface area contributed by atoms with Crippen LogP contribution in [0.5, 0.6) is 0 Å². The van der Waals surface area contributed by atoms with Crippen LogP contribution in [0, 0.1) is 0 Å². The summed E-state index contributed by atoms with van der Waals surface area (Å²) in [6, 6.07) is -0.542. The fraction of sp³-hybridized carbons (Fsp3) is 0.902. The summed E-state index contributed by atoms with van der Waals surface area (Å²) in [5, 5.41) is 23.5. The molecule has 0 saturated carbocycles. The second-order valence-corrected chi connectivity index (χ2v) is 27.7. The predicted octanol–water partition coefficient (Wildman–Crippen LogP) is 26.6. The molecule has 0 aliphatic rings. The Balaban J connectivity index is 3.38. The third-order valence-electron chi connectivity index (χ3n) is 18.9. The van der Waals surface area contributed by atoms with Gasteiger partial charge in [-0.2, -0.15) is 0 Å². The Hall–Kier alpha value is -1.92. The van der Waals surface area contributed by atoms with Crippen molar-refractivity contribution in [3.8, 4) is 0 Å². The fourth-order valence-electron chi connectivity index (χ4n) is 12.8. The largest absolute Gasteiger partial charge is 0.466 e. The highest BCUT2D eigenvalue weighted by atomic mass is 16.5. The molecule has 0 spiro atoms. The van der Waals surface area contributed by atoms with Crippen molar-refractivity contribution in [1.82, 2.24) is 5.32 Å². The molecule has 1 amide bonds. The van der Waals surface area contributed by atoms with Crippen LogP contribution in [0.1, 0.15) is 450 Å². The highest BCUT2D eigenvalue weighted by Gasteiger charge is 2.20. The van der Waals surface area contributed by atoms with Crippen LogP contribution in [-0.2, 0) is 14.3 Å². The summed E-state index contributed by atoms with van der Waals surface area (Å²) in [5.74, 6) is -0.0208. The molecular formula is C82H157NO5. The number of amides is 1. The molecule has 0 aromatic carbocycles. The summed E-state index contributed by atoms with van der Waals surface area (Å²) in [5.41, 5.74) is 0. The third kappa shape index (κ3) is 73.1. The Bertz CT molecular complexity index is 1430. The van der Waals surface area contributed by atoms with E-state index in [9.17, 15) is 19.8 Å². The molecule has 0 heterocycles. The van der Waals surface area contributed by atoms with Crippen molar-refractivity contribution in [2.45, 2.75) is 463 Å². The maximum atomic E-state index is 12.6. The number of aliphatic hydroxyl groups excluding tert-OH is 2. The maximum absolute atomic E-state index is 12.6. The number of rotatable bonds is 76. The number of unbranched alkanes of at least 4 members (excludes halogenated alkanes) is 59. The fourth-order valence-corrected chi connectivity index (χ4v) is 12.8. The molecule has 0 aliphatic heterocycles. The summed E-state index contributed by atoms with van der Waals surface area (Å²) >= 11 is 0. The number of carbonyl (C=O) groups excluding carboxylic acids is 2. The Morgan fingerprint density at radius 3 is 0.875 bits per heavy atom. The van der Waals surface area contributed by atoms with Gasteiger partial charge in [-0.05, 0) is 83.5 Å². The molecule has 0 aromatic heterocycles. The molecule has 0 fully saturated rings. The van der Waals surface area contributed by atoms with Gasteiger partial charge in [-0.1, -0.05) is 391 Å². The Morgan fingerprint density at radius 1 is 0.318 bits per heavy atom. The number of ether oxygens (including phenoxy) is 1. The number of nitrogens with one attached hydrogen (secondary N) is 1. The first-order valence-electron chi connectivity index (χ1n) is 40.2. The molecule has 2 atom stereocenters. The molecule has 6 heteroatoms. The lowest BCUT2D eigenvalue weighted by molar-refractivity contribution is -0.143. The van der Waals surface area contributed by atoms with E-state index in [4.69, 9.17) is 4.74 Å². The first kappa shape index (κ1) is 86.1. The lowest BCUT2D eigenvalue weighted by Crippen LogP contribution is -2.45. The molecule has 520 valence electrons.